The van der Waals surface area contributed by atoms with Crippen molar-refractivity contribution in [3.63, 3.8) is 0 Å². The second-order valence-corrected chi connectivity index (χ2v) is 8.04. The number of benzene rings is 1. The maximum atomic E-state index is 11.4. The molecule has 0 bridgehead atoms. The predicted octanol–water partition coefficient (Wildman–Crippen LogP) is 3.09. The Morgan fingerprint density at radius 2 is 2.17 bits per heavy atom. The van der Waals surface area contributed by atoms with Crippen LogP contribution in [0.5, 0.6) is 5.75 Å². The SMILES string of the molecule is CCNC(=NCC(C)(O)c1cccs1)NCCOc1ccc2c(c1)CCC(=O)N2.I. The van der Waals surface area contributed by atoms with E-state index in [-0.39, 0.29) is 36.4 Å². The monoisotopic (exact) mass is 544 g/mol. The average Bonchev–Trinajstić information content (AvgIpc) is 3.25. The second kappa shape index (κ2) is 11.5. The van der Waals surface area contributed by atoms with Gasteiger partial charge in [0.1, 0.15) is 18.0 Å². The molecule has 1 aromatic carbocycles. The lowest BCUT2D eigenvalue weighted by Crippen LogP contribution is -2.40. The highest BCUT2D eigenvalue weighted by atomic mass is 127. The zero-order valence-corrected chi connectivity index (χ0v) is 20.4. The van der Waals surface area contributed by atoms with Crippen molar-refractivity contribution in [3.05, 3.63) is 46.2 Å². The summed E-state index contributed by atoms with van der Waals surface area (Å²) < 4.78 is 5.83. The molecule has 2 aromatic rings. The molecule has 30 heavy (non-hydrogen) atoms. The summed E-state index contributed by atoms with van der Waals surface area (Å²) >= 11 is 1.52. The third kappa shape index (κ3) is 6.85. The van der Waals surface area contributed by atoms with Gasteiger partial charge in [-0.05, 0) is 55.5 Å². The summed E-state index contributed by atoms with van der Waals surface area (Å²) in [5, 5.41) is 21.8. The molecule has 1 unspecified atom stereocenters. The van der Waals surface area contributed by atoms with Crippen molar-refractivity contribution in [3.8, 4) is 5.75 Å². The summed E-state index contributed by atoms with van der Waals surface area (Å²) in [5.74, 6) is 1.48. The summed E-state index contributed by atoms with van der Waals surface area (Å²) in [6.45, 7) is 5.80. The third-order valence-corrected chi connectivity index (χ3v) is 5.70. The maximum absolute atomic E-state index is 11.4. The lowest BCUT2D eigenvalue weighted by Gasteiger charge is -2.20. The van der Waals surface area contributed by atoms with Crippen molar-refractivity contribution in [2.75, 3.05) is 31.6 Å². The molecule has 4 N–H and O–H groups in total. The Kier molecular flexibility index (Phi) is 9.37. The predicted molar refractivity (Wildman–Crippen MR) is 132 cm³/mol. The van der Waals surface area contributed by atoms with Crippen LogP contribution in [0.25, 0.3) is 0 Å². The lowest BCUT2D eigenvalue weighted by molar-refractivity contribution is -0.116. The Labute approximate surface area is 198 Å². The molecule has 7 nitrogen and oxygen atoms in total. The van der Waals surface area contributed by atoms with Crippen molar-refractivity contribution in [2.24, 2.45) is 4.99 Å². The molecule has 1 aliphatic rings. The molecule has 0 saturated carbocycles. The minimum atomic E-state index is -0.994. The van der Waals surface area contributed by atoms with Gasteiger partial charge in [0.05, 0.1) is 13.1 Å². The second-order valence-electron chi connectivity index (χ2n) is 7.09. The minimum Gasteiger partial charge on any atom is -0.492 e. The first-order valence-corrected chi connectivity index (χ1v) is 10.7. The quantitative estimate of drug-likeness (QED) is 0.177. The Bertz CT molecular complexity index is 856. The van der Waals surface area contributed by atoms with Crippen LogP contribution < -0.4 is 20.7 Å². The standard InChI is InChI=1S/C21H28N4O3S.HI/c1-3-22-20(24-14-21(2,27)18-5-4-12-29-18)23-10-11-28-16-7-8-17-15(13-16)6-9-19(26)25-17;/h4-5,7-8,12-13,27H,3,6,9-11,14H2,1-2H3,(H,25,26)(H2,22,23,24);1H. The van der Waals surface area contributed by atoms with Gasteiger partial charge in [0, 0.05) is 23.5 Å². The lowest BCUT2D eigenvalue weighted by atomic mass is 10.0. The van der Waals surface area contributed by atoms with Crippen LogP contribution in [0.3, 0.4) is 0 Å². The fraction of sp³-hybridized carbons (Fsp3) is 0.429. The summed E-state index contributed by atoms with van der Waals surface area (Å²) in [4.78, 5) is 16.8. The number of thiophene rings is 1. The molecule has 9 heteroatoms. The number of carbonyl (C=O) groups excluding carboxylic acids is 1. The number of aryl methyl sites for hydroxylation is 1. The summed E-state index contributed by atoms with van der Waals surface area (Å²) in [5.41, 5.74) is 0.970. The molecule has 1 atom stereocenters. The van der Waals surface area contributed by atoms with E-state index in [1.54, 1.807) is 6.92 Å². The highest BCUT2D eigenvalue weighted by Crippen LogP contribution is 2.27. The topological polar surface area (TPSA) is 95.0 Å². The zero-order chi connectivity index (χ0) is 20.7. The number of nitrogens with one attached hydrogen (secondary N) is 3. The van der Waals surface area contributed by atoms with Gasteiger partial charge in [-0.1, -0.05) is 6.07 Å². The van der Waals surface area contributed by atoms with Gasteiger partial charge in [-0.3, -0.25) is 4.79 Å². The van der Waals surface area contributed by atoms with E-state index in [2.05, 4.69) is 20.9 Å². The molecule has 1 amide bonds. The molecule has 1 aromatic heterocycles. The first kappa shape index (κ1) is 24.4. The number of amides is 1. The number of halogens is 1. The number of hydrogen-bond donors (Lipinski definition) is 4. The number of aliphatic hydroxyl groups is 1. The molecule has 164 valence electrons. The molecule has 0 spiro atoms. The summed E-state index contributed by atoms with van der Waals surface area (Å²) in [6.07, 6.45) is 1.24. The van der Waals surface area contributed by atoms with Crippen LogP contribution in [0.1, 0.15) is 30.7 Å². The van der Waals surface area contributed by atoms with Crippen LogP contribution in [-0.2, 0) is 16.8 Å². The van der Waals surface area contributed by atoms with Gasteiger partial charge in [0.25, 0.3) is 0 Å². The van der Waals surface area contributed by atoms with Gasteiger partial charge in [-0.15, -0.1) is 35.3 Å². The van der Waals surface area contributed by atoms with E-state index in [1.165, 1.54) is 11.3 Å². The van der Waals surface area contributed by atoms with Crippen LogP contribution in [0.4, 0.5) is 5.69 Å². The van der Waals surface area contributed by atoms with Gasteiger partial charge in [-0.25, -0.2) is 4.99 Å². The third-order valence-electron chi connectivity index (χ3n) is 4.58. The number of fused-ring (bicyclic) bond motifs is 1. The number of ether oxygens (including phenoxy) is 1. The molecule has 0 saturated heterocycles. The van der Waals surface area contributed by atoms with Crippen molar-refractivity contribution in [1.82, 2.24) is 10.6 Å². The molecular weight excluding hydrogens is 515 g/mol. The summed E-state index contributed by atoms with van der Waals surface area (Å²) in [6, 6.07) is 9.56. The molecular formula is C21H29IN4O3S. The van der Waals surface area contributed by atoms with Crippen LogP contribution in [0, 0.1) is 0 Å². The van der Waals surface area contributed by atoms with Crippen LogP contribution in [-0.4, -0.2) is 43.2 Å². The minimum absolute atomic E-state index is 0. The highest BCUT2D eigenvalue weighted by Gasteiger charge is 2.24. The average molecular weight is 544 g/mol. The Morgan fingerprint density at radius 1 is 1.33 bits per heavy atom. The number of anilines is 1. The van der Waals surface area contributed by atoms with Gasteiger partial charge >= 0.3 is 0 Å². The van der Waals surface area contributed by atoms with E-state index in [4.69, 9.17) is 4.74 Å². The molecule has 1 aliphatic heterocycles. The molecule has 0 aliphatic carbocycles. The molecule has 0 fully saturated rings. The van der Waals surface area contributed by atoms with Crippen LogP contribution >= 0.6 is 35.3 Å². The summed E-state index contributed by atoms with van der Waals surface area (Å²) in [7, 11) is 0. The van der Waals surface area contributed by atoms with Gasteiger partial charge in [0.2, 0.25) is 5.91 Å². The van der Waals surface area contributed by atoms with E-state index in [9.17, 15) is 9.90 Å². The Morgan fingerprint density at radius 3 is 2.90 bits per heavy atom. The van der Waals surface area contributed by atoms with E-state index in [1.807, 2.05) is 42.6 Å². The largest absolute Gasteiger partial charge is 0.492 e. The van der Waals surface area contributed by atoms with E-state index in [0.29, 0.717) is 25.5 Å². The first-order valence-electron chi connectivity index (χ1n) is 9.82. The number of rotatable bonds is 8. The fourth-order valence-corrected chi connectivity index (χ4v) is 3.80. The normalized spacial score (nSPS) is 15.3. The van der Waals surface area contributed by atoms with Crippen LogP contribution in [0.2, 0.25) is 0 Å². The van der Waals surface area contributed by atoms with E-state index >= 15 is 0 Å². The highest BCUT2D eigenvalue weighted by molar-refractivity contribution is 14.0. The zero-order valence-electron chi connectivity index (χ0n) is 17.2. The molecule has 0 radical (unpaired) electrons. The Balaban J connectivity index is 0.00000320. The number of guanidine groups is 1. The van der Waals surface area contributed by atoms with Crippen molar-refractivity contribution >= 4 is 52.9 Å². The van der Waals surface area contributed by atoms with E-state index < -0.39 is 5.60 Å². The number of carbonyl (C=O) groups is 1. The van der Waals surface area contributed by atoms with Crippen molar-refractivity contribution in [1.29, 1.82) is 0 Å². The first-order chi connectivity index (χ1) is 14.0. The van der Waals surface area contributed by atoms with Gasteiger partial charge in [-0.2, -0.15) is 0 Å². The van der Waals surface area contributed by atoms with Gasteiger partial charge < -0.3 is 25.8 Å². The van der Waals surface area contributed by atoms with E-state index in [0.717, 1.165) is 34.8 Å². The van der Waals surface area contributed by atoms with Crippen molar-refractivity contribution < 1.29 is 14.6 Å². The molecule has 3 rings (SSSR count). The van der Waals surface area contributed by atoms with Crippen molar-refractivity contribution in [2.45, 2.75) is 32.3 Å². The van der Waals surface area contributed by atoms with Crippen LogP contribution in [0.15, 0.2) is 40.7 Å². The number of nitrogens with zero attached hydrogens (tertiary/aromatic N) is 1. The number of hydrogen-bond acceptors (Lipinski definition) is 5. The maximum Gasteiger partial charge on any atom is 0.224 e. The van der Waals surface area contributed by atoms with Gasteiger partial charge in [0.15, 0.2) is 5.96 Å². The fourth-order valence-electron chi connectivity index (χ4n) is 3.03. The number of aliphatic imine (C=N–C) groups is 1. The Hall–Kier alpha value is -1.85. The smallest absolute Gasteiger partial charge is 0.224 e. The molecule has 2 heterocycles.